The van der Waals surface area contributed by atoms with Gasteiger partial charge in [0.1, 0.15) is 0 Å². The summed E-state index contributed by atoms with van der Waals surface area (Å²) in [7, 11) is 3.46. The van der Waals surface area contributed by atoms with Crippen LogP contribution in [0.2, 0.25) is 0 Å². The number of carbonyl (C=O) groups is 1. The third kappa shape index (κ3) is 4.29. The van der Waals surface area contributed by atoms with E-state index in [0.29, 0.717) is 35.2 Å². The lowest BCUT2D eigenvalue weighted by atomic mass is 10.1. The molecule has 0 saturated heterocycles. The third-order valence-corrected chi connectivity index (χ3v) is 5.25. The van der Waals surface area contributed by atoms with Gasteiger partial charge in [-0.15, -0.1) is 0 Å². The Morgan fingerprint density at radius 1 is 1.20 bits per heavy atom. The van der Waals surface area contributed by atoms with Crippen LogP contribution in [0.25, 0.3) is 27.3 Å². The van der Waals surface area contributed by atoms with Crippen LogP contribution in [0.5, 0.6) is 0 Å². The van der Waals surface area contributed by atoms with Crippen molar-refractivity contribution in [2.24, 2.45) is 0 Å². The summed E-state index contributed by atoms with van der Waals surface area (Å²) in [6.45, 7) is 1.05. The first-order valence-corrected chi connectivity index (χ1v) is 9.82. The van der Waals surface area contributed by atoms with Gasteiger partial charge in [-0.25, -0.2) is 9.29 Å². The minimum Gasteiger partial charge on any atom is -0.351 e. The van der Waals surface area contributed by atoms with Gasteiger partial charge in [-0.1, -0.05) is 24.3 Å². The summed E-state index contributed by atoms with van der Waals surface area (Å²) in [6, 6.07) is 14.9. The van der Waals surface area contributed by atoms with Gasteiger partial charge in [0.2, 0.25) is 0 Å². The molecule has 2 aromatic carbocycles. The van der Waals surface area contributed by atoms with Crippen LogP contribution in [-0.4, -0.2) is 46.8 Å². The number of fused-ring (bicyclic) bond motifs is 3. The van der Waals surface area contributed by atoms with Crippen molar-refractivity contribution in [3.63, 3.8) is 0 Å². The molecule has 2 aromatic heterocycles. The van der Waals surface area contributed by atoms with Crippen LogP contribution in [0, 0.1) is 0 Å². The second-order valence-electron chi connectivity index (χ2n) is 6.60. The van der Waals surface area contributed by atoms with Gasteiger partial charge in [-0.05, 0) is 42.1 Å². The molecule has 9 heteroatoms. The van der Waals surface area contributed by atoms with Crippen molar-refractivity contribution < 1.29 is 8.98 Å². The molecule has 30 heavy (non-hydrogen) atoms. The minimum absolute atomic E-state index is 0. The van der Waals surface area contributed by atoms with Crippen molar-refractivity contribution in [1.29, 1.82) is 0 Å². The van der Waals surface area contributed by atoms with E-state index >= 15 is 0 Å². The number of nitrogens with zero attached hydrogens (tertiary/aromatic N) is 3. The molecule has 0 atom stereocenters. The SMILES string of the molecule is COSN(C)CCNC(=O)c1cccn2c(=O)c3cc4ccccc4cc3nc12.S. The number of hydrogen-bond donors (Lipinski definition) is 1. The molecule has 0 fully saturated rings. The van der Waals surface area contributed by atoms with Gasteiger partial charge in [-0.2, -0.15) is 13.5 Å². The number of amides is 1. The van der Waals surface area contributed by atoms with Gasteiger partial charge in [0.25, 0.3) is 11.5 Å². The molecule has 1 amide bonds. The Balaban J connectivity index is 0.00000256. The van der Waals surface area contributed by atoms with Gasteiger partial charge in [0.05, 0.1) is 35.8 Å². The summed E-state index contributed by atoms with van der Waals surface area (Å²) < 4.78 is 8.27. The molecule has 0 radical (unpaired) electrons. The van der Waals surface area contributed by atoms with Gasteiger partial charge in [-0.3, -0.25) is 14.0 Å². The van der Waals surface area contributed by atoms with Crippen LogP contribution in [0.4, 0.5) is 0 Å². The van der Waals surface area contributed by atoms with E-state index in [4.69, 9.17) is 4.18 Å². The Hall–Kier alpha value is -2.59. The second-order valence-corrected chi connectivity index (χ2v) is 7.70. The molecule has 0 aliphatic carbocycles. The summed E-state index contributed by atoms with van der Waals surface area (Å²) in [5.41, 5.74) is 1.09. The van der Waals surface area contributed by atoms with E-state index in [1.807, 2.05) is 47.8 Å². The minimum atomic E-state index is -0.272. The second kappa shape index (κ2) is 9.48. The van der Waals surface area contributed by atoms with Crippen molar-refractivity contribution in [3.8, 4) is 0 Å². The average Bonchev–Trinajstić information content (AvgIpc) is 2.72. The molecular formula is C21H22N4O3S2. The van der Waals surface area contributed by atoms with Crippen molar-refractivity contribution in [2.75, 3.05) is 27.2 Å². The number of aromatic nitrogens is 2. The Morgan fingerprint density at radius 2 is 1.93 bits per heavy atom. The first kappa shape index (κ1) is 22.1. The highest BCUT2D eigenvalue weighted by Gasteiger charge is 2.15. The lowest BCUT2D eigenvalue weighted by molar-refractivity contribution is 0.0953. The molecule has 7 nitrogen and oxygen atoms in total. The predicted octanol–water partition coefficient (Wildman–Crippen LogP) is 2.98. The maximum Gasteiger partial charge on any atom is 0.265 e. The molecule has 0 unspecified atom stereocenters. The third-order valence-electron chi connectivity index (χ3n) is 4.67. The molecule has 0 spiro atoms. The fraction of sp³-hybridized carbons (Fsp3) is 0.190. The highest BCUT2D eigenvalue weighted by molar-refractivity contribution is 7.92. The van der Waals surface area contributed by atoms with Crippen molar-refractivity contribution in [2.45, 2.75) is 0 Å². The van der Waals surface area contributed by atoms with E-state index in [1.54, 1.807) is 25.4 Å². The molecule has 156 valence electrons. The van der Waals surface area contributed by atoms with Crippen molar-refractivity contribution in [3.05, 3.63) is 70.6 Å². The Morgan fingerprint density at radius 3 is 2.67 bits per heavy atom. The fourth-order valence-corrected chi connectivity index (χ4v) is 3.70. The Bertz CT molecular complexity index is 1280. The zero-order chi connectivity index (χ0) is 20.4. The molecule has 0 aliphatic rings. The molecule has 0 bridgehead atoms. The molecule has 4 rings (SSSR count). The van der Waals surface area contributed by atoms with Crippen LogP contribution >= 0.6 is 25.7 Å². The lowest BCUT2D eigenvalue weighted by Crippen LogP contribution is -2.31. The number of pyridine rings is 1. The monoisotopic (exact) mass is 442 g/mol. The van der Waals surface area contributed by atoms with E-state index in [2.05, 4.69) is 10.3 Å². The summed E-state index contributed by atoms with van der Waals surface area (Å²) in [5, 5.41) is 5.37. The molecule has 0 saturated carbocycles. The highest BCUT2D eigenvalue weighted by atomic mass is 32.2. The summed E-state index contributed by atoms with van der Waals surface area (Å²) in [4.78, 5) is 30.4. The number of nitrogens with one attached hydrogen (secondary N) is 1. The van der Waals surface area contributed by atoms with Gasteiger partial charge in [0, 0.05) is 19.3 Å². The topological polar surface area (TPSA) is 75.9 Å². The number of carbonyl (C=O) groups excluding carboxylic acids is 1. The first-order chi connectivity index (χ1) is 14.1. The van der Waals surface area contributed by atoms with Crippen LogP contribution in [0.1, 0.15) is 10.4 Å². The molecular weight excluding hydrogens is 420 g/mol. The smallest absolute Gasteiger partial charge is 0.265 e. The van der Waals surface area contributed by atoms with Crippen LogP contribution in [0.15, 0.2) is 59.5 Å². The first-order valence-electron chi connectivity index (χ1n) is 9.12. The van der Waals surface area contributed by atoms with Crippen LogP contribution in [0.3, 0.4) is 0 Å². The lowest BCUT2D eigenvalue weighted by Gasteiger charge is -2.14. The normalized spacial score (nSPS) is 11.2. The van der Waals surface area contributed by atoms with Gasteiger partial charge in [0.15, 0.2) is 5.65 Å². The zero-order valence-electron chi connectivity index (χ0n) is 16.6. The van der Waals surface area contributed by atoms with E-state index in [9.17, 15) is 9.59 Å². The van der Waals surface area contributed by atoms with Gasteiger partial charge >= 0.3 is 0 Å². The average molecular weight is 443 g/mol. The zero-order valence-corrected chi connectivity index (χ0v) is 18.4. The number of rotatable bonds is 6. The number of benzene rings is 2. The quantitative estimate of drug-likeness (QED) is 0.281. The van der Waals surface area contributed by atoms with Crippen LogP contribution in [-0.2, 0) is 4.18 Å². The maximum atomic E-state index is 13.0. The summed E-state index contributed by atoms with van der Waals surface area (Å²) >= 11 is 1.21. The molecule has 0 aliphatic heterocycles. The van der Waals surface area contributed by atoms with Crippen molar-refractivity contribution in [1.82, 2.24) is 19.0 Å². The maximum absolute atomic E-state index is 13.0. The van der Waals surface area contributed by atoms with E-state index in [0.717, 1.165) is 10.8 Å². The fourth-order valence-electron chi connectivity index (χ4n) is 3.28. The predicted molar refractivity (Wildman–Crippen MR) is 126 cm³/mol. The van der Waals surface area contributed by atoms with E-state index in [-0.39, 0.29) is 25.0 Å². The van der Waals surface area contributed by atoms with E-state index < -0.39 is 0 Å². The van der Waals surface area contributed by atoms with E-state index in [1.165, 1.54) is 16.6 Å². The van der Waals surface area contributed by atoms with Crippen LogP contribution < -0.4 is 10.9 Å². The molecule has 2 heterocycles. The summed E-state index contributed by atoms with van der Waals surface area (Å²) in [5.74, 6) is -0.272. The Labute approximate surface area is 184 Å². The number of likely N-dealkylation sites (N-methyl/N-ethyl adjacent to an activating group) is 1. The summed E-state index contributed by atoms with van der Waals surface area (Å²) in [6.07, 6.45) is 1.64. The number of hydrogen-bond acceptors (Lipinski definition) is 6. The molecule has 1 N–H and O–H groups in total. The van der Waals surface area contributed by atoms with Crippen molar-refractivity contribution >= 4 is 59.0 Å². The Kier molecular flexibility index (Phi) is 6.99. The largest absolute Gasteiger partial charge is 0.351 e. The standard InChI is InChI=1S/C21H20N4O3S.H2S/c1-24(29-28-2)11-9-22-20(26)16-8-5-10-25-19(16)23-18-13-15-7-4-3-6-14(15)12-17(18)21(25)27;/h3-8,10,12-13H,9,11H2,1-2H3,(H,22,26);1H2. The molecule has 4 aromatic rings. The van der Waals surface area contributed by atoms with Gasteiger partial charge < -0.3 is 9.50 Å². The highest BCUT2D eigenvalue weighted by Crippen LogP contribution is 2.20.